The molecule has 30 heavy (non-hydrogen) atoms. The highest BCUT2D eigenvalue weighted by molar-refractivity contribution is 9.10. The van der Waals surface area contributed by atoms with Crippen LogP contribution in [0.5, 0.6) is 11.5 Å². The summed E-state index contributed by atoms with van der Waals surface area (Å²) in [5.74, 6) is -0.191. The normalized spacial score (nSPS) is 14.4. The van der Waals surface area contributed by atoms with Crippen molar-refractivity contribution >= 4 is 51.2 Å². The molecule has 6 nitrogen and oxygen atoms in total. The molecule has 2 heterocycles. The molecule has 1 aliphatic heterocycles. The summed E-state index contributed by atoms with van der Waals surface area (Å²) in [4.78, 5) is 29.3. The Morgan fingerprint density at radius 3 is 2.67 bits per heavy atom. The maximum atomic E-state index is 12.3. The zero-order valence-corrected chi connectivity index (χ0v) is 18.0. The lowest BCUT2D eigenvalue weighted by molar-refractivity contribution is -0.129. The van der Waals surface area contributed by atoms with Gasteiger partial charge in [-0.2, -0.15) is 0 Å². The van der Waals surface area contributed by atoms with E-state index in [4.69, 9.17) is 14.2 Å². The van der Waals surface area contributed by atoms with Gasteiger partial charge in [-0.3, -0.25) is 0 Å². The highest BCUT2D eigenvalue weighted by Gasteiger charge is 2.24. The van der Waals surface area contributed by atoms with Crippen LogP contribution in [0.15, 0.2) is 75.1 Å². The number of ether oxygens (including phenoxy) is 3. The molecule has 150 valence electrons. The lowest BCUT2D eigenvalue weighted by Crippen LogP contribution is -2.08. The van der Waals surface area contributed by atoms with E-state index in [1.807, 2.05) is 30.3 Å². The van der Waals surface area contributed by atoms with E-state index in [0.29, 0.717) is 26.2 Å². The van der Waals surface area contributed by atoms with Crippen LogP contribution in [0, 0.1) is 0 Å². The fraction of sp³-hybridized carbons (Fsp3) is 0.0455. The third-order valence-corrected chi connectivity index (χ3v) is 5.55. The Balaban J connectivity index is 1.64. The van der Waals surface area contributed by atoms with Gasteiger partial charge in [0.15, 0.2) is 17.2 Å². The first-order chi connectivity index (χ1) is 14.5. The quantitative estimate of drug-likeness (QED) is 0.287. The second-order valence-electron chi connectivity index (χ2n) is 6.10. The lowest BCUT2D eigenvalue weighted by atomic mass is 10.1. The van der Waals surface area contributed by atoms with Crippen LogP contribution in [0.4, 0.5) is 0 Å². The third-order valence-electron chi connectivity index (χ3n) is 4.11. The Morgan fingerprint density at radius 2 is 1.97 bits per heavy atom. The number of hydrogen-bond donors (Lipinski definition) is 0. The van der Waals surface area contributed by atoms with Crippen molar-refractivity contribution in [2.75, 3.05) is 7.11 Å². The van der Waals surface area contributed by atoms with Crippen molar-refractivity contribution in [1.82, 2.24) is 0 Å². The number of methoxy groups -OCH3 is 1. The van der Waals surface area contributed by atoms with E-state index in [0.717, 1.165) is 0 Å². The highest BCUT2D eigenvalue weighted by atomic mass is 79.9. The molecule has 0 radical (unpaired) electrons. The zero-order chi connectivity index (χ0) is 21.1. The van der Waals surface area contributed by atoms with Crippen LogP contribution < -0.4 is 9.47 Å². The van der Waals surface area contributed by atoms with Gasteiger partial charge in [-0.1, -0.05) is 24.3 Å². The average Bonchev–Trinajstić information content (AvgIpc) is 3.41. The summed E-state index contributed by atoms with van der Waals surface area (Å²) in [7, 11) is 1.47. The molecule has 8 heteroatoms. The number of carbonyl (C=O) groups excluding carboxylic acids is 2. The molecule has 0 amide bonds. The van der Waals surface area contributed by atoms with E-state index in [1.54, 1.807) is 35.7 Å². The Labute approximate surface area is 184 Å². The van der Waals surface area contributed by atoms with E-state index in [-0.39, 0.29) is 17.3 Å². The number of halogens is 1. The molecule has 0 spiro atoms. The summed E-state index contributed by atoms with van der Waals surface area (Å²) >= 11 is 4.69. The molecule has 0 aliphatic carbocycles. The summed E-state index contributed by atoms with van der Waals surface area (Å²) in [6.07, 6.45) is 1.58. The second kappa shape index (κ2) is 8.64. The standard InChI is InChI=1S/C22H14BrNO5S/c1-27-17-12-13(10-15(23)19(17)28-22(26)18-8-5-9-30-18)11-16-21(25)29-20(24-16)14-6-3-2-4-7-14/h2-12H,1H3/b16-11+. The van der Waals surface area contributed by atoms with Crippen molar-refractivity contribution in [2.45, 2.75) is 0 Å². The van der Waals surface area contributed by atoms with Crippen LogP contribution in [0.2, 0.25) is 0 Å². The van der Waals surface area contributed by atoms with E-state index in [2.05, 4.69) is 20.9 Å². The van der Waals surface area contributed by atoms with Crippen molar-refractivity contribution in [2.24, 2.45) is 4.99 Å². The maximum Gasteiger partial charge on any atom is 0.363 e. The number of rotatable bonds is 5. The van der Waals surface area contributed by atoms with Crippen LogP contribution in [-0.4, -0.2) is 24.9 Å². The molecular formula is C22H14BrNO5S. The van der Waals surface area contributed by atoms with Gasteiger partial charge in [0.1, 0.15) is 4.88 Å². The molecule has 3 aromatic rings. The SMILES string of the molecule is COc1cc(/C=C2/N=C(c3ccccc3)OC2=O)cc(Br)c1OC(=O)c1cccs1. The number of thiophene rings is 1. The first-order valence-corrected chi connectivity index (χ1v) is 10.4. The van der Waals surface area contributed by atoms with Gasteiger partial charge in [-0.25, -0.2) is 14.6 Å². The number of aliphatic imine (C=N–C) groups is 1. The summed E-state index contributed by atoms with van der Waals surface area (Å²) in [5, 5.41) is 1.79. The first-order valence-electron chi connectivity index (χ1n) is 8.76. The van der Waals surface area contributed by atoms with Gasteiger partial charge in [-0.05, 0) is 63.3 Å². The van der Waals surface area contributed by atoms with Crippen molar-refractivity contribution in [3.05, 3.63) is 86.2 Å². The first kappa shape index (κ1) is 20.1. The minimum atomic E-state index is -0.544. The van der Waals surface area contributed by atoms with Crippen LogP contribution in [-0.2, 0) is 9.53 Å². The number of benzene rings is 2. The lowest BCUT2D eigenvalue weighted by Gasteiger charge is -2.11. The smallest absolute Gasteiger partial charge is 0.363 e. The van der Waals surface area contributed by atoms with E-state index in [1.165, 1.54) is 18.4 Å². The predicted octanol–water partition coefficient (Wildman–Crippen LogP) is 5.08. The van der Waals surface area contributed by atoms with E-state index < -0.39 is 11.9 Å². The van der Waals surface area contributed by atoms with Gasteiger partial charge in [0.25, 0.3) is 0 Å². The Morgan fingerprint density at radius 1 is 1.17 bits per heavy atom. The monoisotopic (exact) mass is 483 g/mol. The van der Waals surface area contributed by atoms with Crippen LogP contribution in [0.25, 0.3) is 6.08 Å². The molecule has 0 bridgehead atoms. The van der Waals surface area contributed by atoms with Crippen LogP contribution in [0.3, 0.4) is 0 Å². The van der Waals surface area contributed by atoms with E-state index >= 15 is 0 Å². The van der Waals surface area contributed by atoms with Crippen molar-refractivity contribution in [1.29, 1.82) is 0 Å². The molecule has 1 aromatic heterocycles. The van der Waals surface area contributed by atoms with Gasteiger partial charge in [0, 0.05) is 5.56 Å². The largest absolute Gasteiger partial charge is 0.493 e. The minimum absolute atomic E-state index is 0.158. The molecule has 0 saturated heterocycles. The predicted molar refractivity (Wildman–Crippen MR) is 117 cm³/mol. The van der Waals surface area contributed by atoms with Gasteiger partial charge >= 0.3 is 11.9 Å². The number of hydrogen-bond acceptors (Lipinski definition) is 7. The summed E-state index contributed by atoms with van der Waals surface area (Å²) in [6, 6.07) is 16.0. The summed E-state index contributed by atoms with van der Waals surface area (Å²) in [6.45, 7) is 0. The maximum absolute atomic E-state index is 12.3. The molecule has 0 saturated carbocycles. The summed E-state index contributed by atoms with van der Waals surface area (Å²) < 4.78 is 16.6. The van der Waals surface area contributed by atoms with Crippen LogP contribution in [0.1, 0.15) is 20.8 Å². The van der Waals surface area contributed by atoms with Crippen molar-refractivity contribution in [3.63, 3.8) is 0 Å². The number of cyclic esters (lactones) is 1. The molecule has 0 unspecified atom stereocenters. The molecule has 0 fully saturated rings. The minimum Gasteiger partial charge on any atom is -0.493 e. The average molecular weight is 484 g/mol. The fourth-order valence-electron chi connectivity index (χ4n) is 2.73. The molecule has 1 aliphatic rings. The topological polar surface area (TPSA) is 74.2 Å². The van der Waals surface area contributed by atoms with Crippen molar-refractivity contribution in [3.8, 4) is 11.5 Å². The second-order valence-corrected chi connectivity index (χ2v) is 7.91. The Bertz CT molecular complexity index is 1170. The molecule has 4 rings (SSSR count). The number of carbonyl (C=O) groups is 2. The molecule has 2 aromatic carbocycles. The highest BCUT2D eigenvalue weighted by Crippen LogP contribution is 2.38. The third kappa shape index (κ3) is 4.19. The van der Waals surface area contributed by atoms with Crippen LogP contribution >= 0.6 is 27.3 Å². The van der Waals surface area contributed by atoms with Gasteiger partial charge in [-0.15, -0.1) is 11.3 Å². The number of nitrogens with zero attached hydrogens (tertiary/aromatic N) is 1. The van der Waals surface area contributed by atoms with Crippen molar-refractivity contribution < 1.29 is 23.8 Å². The molecule has 0 N–H and O–H groups in total. The Kier molecular flexibility index (Phi) is 5.78. The molecule has 0 atom stereocenters. The zero-order valence-electron chi connectivity index (χ0n) is 15.6. The Hall–Kier alpha value is -3.23. The van der Waals surface area contributed by atoms with Gasteiger partial charge in [0.05, 0.1) is 11.6 Å². The van der Waals surface area contributed by atoms with Gasteiger partial charge < -0.3 is 14.2 Å². The fourth-order valence-corrected chi connectivity index (χ4v) is 3.87. The van der Waals surface area contributed by atoms with E-state index in [9.17, 15) is 9.59 Å². The summed E-state index contributed by atoms with van der Waals surface area (Å²) in [5.41, 5.74) is 1.50. The molecular weight excluding hydrogens is 470 g/mol. The van der Waals surface area contributed by atoms with Gasteiger partial charge in [0.2, 0.25) is 5.90 Å². The number of esters is 2.